The Morgan fingerprint density at radius 3 is 2.66 bits per heavy atom. The van der Waals surface area contributed by atoms with Gasteiger partial charge in [0.25, 0.3) is 0 Å². The average molecular weight is 871 g/mol. The molecule has 1 N–H and O–H groups in total. The summed E-state index contributed by atoms with van der Waals surface area (Å²) in [5, 5.41) is 9.78. The summed E-state index contributed by atoms with van der Waals surface area (Å²) in [6.07, 6.45) is 1.81. The molecule has 3 rings (SSSR count). The lowest BCUT2D eigenvalue weighted by Crippen LogP contribution is -2.28. The van der Waals surface area contributed by atoms with E-state index in [-0.39, 0.29) is 3.74 Å². The lowest BCUT2D eigenvalue weighted by atomic mass is 10.1. The highest BCUT2D eigenvalue weighted by atomic mass is 127. The first-order chi connectivity index (χ1) is 13.7. The number of nitrogens with one attached hydrogen (secondary N) is 1. The van der Waals surface area contributed by atoms with Gasteiger partial charge in [0, 0.05) is 9.13 Å². The summed E-state index contributed by atoms with van der Waals surface area (Å²) < 4.78 is 7.60. The van der Waals surface area contributed by atoms with E-state index in [1.165, 1.54) is 0 Å². The third kappa shape index (κ3) is 5.97. The number of aromatic amines is 1. The molecule has 0 radical (unpaired) electrons. The number of hydrogen-bond acceptors (Lipinski definition) is 3. The molecular weight excluding hydrogens is 860 g/mol. The third-order valence-corrected chi connectivity index (χ3v) is 10.6. The second kappa shape index (κ2) is 10.3. The van der Waals surface area contributed by atoms with Crippen molar-refractivity contribution in [3.05, 3.63) is 54.9 Å². The topological polar surface area (TPSA) is 61.7 Å². The van der Waals surface area contributed by atoms with Crippen LogP contribution in [0.5, 0.6) is 5.75 Å². The minimum atomic E-state index is -0.496. The fourth-order valence-corrected chi connectivity index (χ4v) is 5.00. The zero-order valence-corrected chi connectivity index (χ0v) is 25.1. The molecule has 0 saturated heterocycles. The number of para-hydroxylation sites is 2. The number of fused-ring (bicyclic) bond motifs is 1. The Morgan fingerprint density at radius 1 is 1.28 bits per heavy atom. The number of allylic oxidation sites excluding steroid dienone is 1. The predicted molar refractivity (Wildman–Crippen MR) is 149 cm³/mol. The Morgan fingerprint density at radius 2 is 2.00 bits per heavy atom. The van der Waals surface area contributed by atoms with E-state index in [2.05, 4.69) is 125 Å². The summed E-state index contributed by atoms with van der Waals surface area (Å²) in [6, 6.07) is 14.0. The van der Waals surface area contributed by atoms with Crippen molar-refractivity contribution >= 4 is 132 Å². The first kappa shape index (κ1) is 24.0. The summed E-state index contributed by atoms with van der Waals surface area (Å²) >= 11 is 18.7. The first-order valence-corrected chi connectivity index (χ1v) is 13.6. The molecule has 150 valence electrons. The van der Waals surface area contributed by atoms with Gasteiger partial charge in [-0.15, -0.1) is 0 Å². The van der Waals surface area contributed by atoms with E-state index in [9.17, 15) is 5.26 Å². The van der Waals surface area contributed by atoms with E-state index in [0.717, 1.165) is 23.7 Å². The number of ether oxygens (including phenoxy) is 1. The van der Waals surface area contributed by atoms with Crippen LogP contribution in [0.4, 0.5) is 0 Å². The number of imidazole rings is 1. The lowest BCUT2D eigenvalue weighted by Gasteiger charge is -2.23. The van der Waals surface area contributed by atoms with Gasteiger partial charge in [0.15, 0.2) is 0 Å². The van der Waals surface area contributed by atoms with Gasteiger partial charge in [0.1, 0.15) is 27.5 Å². The fraction of sp³-hybridized carbons (Fsp3) is 0.158. The first-order valence-electron chi connectivity index (χ1n) is 8.06. The Labute approximate surface area is 229 Å². The molecule has 0 unspecified atom stereocenters. The minimum absolute atomic E-state index is 0.0479. The maximum atomic E-state index is 9.78. The van der Waals surface area contributed by atoms with Crippen LogP contribution in [0.25, 0.3) is 22.7 Å². The van der Waals surface area contributed by atoms with Gasteiger partial charge in [-0.1, -0.05) is 75.9 Å². The molecule has 29 heavy (non-hydrogen) atoms. The molecule has 0 saturated carbocycles. The van der Waals surface area contributed by atoms with Crippen LogP contribution in [0.2, 0.25) is 0 Å². The van der Waals surface area contributed by atoms with Crippen molar-refractivity contribution < 1.29 is 4.74 Å². The van der Waals surface area contributed by atoms with Crippen LogP contribution in [-0.2, 0) is 0 Å². The van der Waals surface area contributed by atoms with Crippen molar-refractivity contribution in [1.82, 2.24) is 9.97 Å². The van der Waals surface area contributed by atoms with Gasteiger partial charge in [-0.3, -0.25) is 0 Å². The van der Waals surface area contributed by atoms with Gasteiger partial charge in [-0.25, -0.2) is 4.98 Å². The highest BCUT2D eigenvalue weighted by Gasteiger charge is 2.31. The average Bonchev–Trinajstić information content (AvgIpc) is 3.08. The third-order valence-electron chi connectivity index (χ3n) is 3.83. The molecular formula is C19H11Br4I2N3O. The Balaban J connectivity index is 2.03. The van der Waals surface area contributed by atoms with E-state index in [0.29, 0.717) is 23.8 Å². The van der Waals surface area contributed by atoms with Gasteiger partial charge in [0.05, 0.1) is 23.9 Å². The van der Waals surface area contributed by atoms with Crippen LogP contribution in [-0.4, -0.2) is 23.5 Å². The van der Waals surface area contributed by atoms with Crippen molar-refractivity contribution in [3.63, 3.8) is 0 Å². The number of nitrogens with zero attached hydrogens (tertiary/aromatic N) is 2. The molecule has 10 heteroatoms. The van der Waals surface area contributed by atoms with Gasteiger partial charge >= 0.3 is 0 Å². The van der Waals surface area contributed by atoms with Crippen molar-refractivity contribution in [2.45, 2.75) is 6.97 Å². The largest absolute Gasteiger partial charge is 0.489 e. The Hall–Kier alpha value is 0.320. The highest BCUT2D eigenvalue weighted by molar-refractivity contribution is 14.1. The van der Waals surface area contributed by atoms with Crippen LogP contribution in [0.1, 0.15) is 11.4 Å². The quantitative estimate of drug-likeness (QED) is 0.156. The normalized spacial score (nSPS) is 12.4. The van der Waals surface area contributed by atoms with Crippen LogP contribution in [0.15, 0.2) is 36.4 Å². The second-order valence-corrected chi connectivity index (χ2v) is 15.3. The molecule has 1 aromatic heterocycles. The molecule has 0 aliphatic heterocycles. The summed E-state index contributed by atoms with van der Waals surface area (Å²) in [6.45, 7) is 0.345. The Bertz CT molecular complexity index is 1090. The number of rotatable bonds is 6. The summed E-state index contributed by atoms with van der Waals surface area (Å²) in [5.41, 5.74) is 2.96. The number of hydrogen-bond donors (Lipinski definition) is 1. The second-order valence-electron chi connectivity index (χ2n) is 5.93. The molecule has 0 atom stereocenters. The van der Waals surface area contributed by atoms with Gasteiger partial charge < -0.3 is 9.72 Å². The maximum absolute atomic E-state index is 9.78. The zero-order valence-electron chi connectivity index (χ0n) is 14.4. The number of H-pyrrole nitrogens is 1. The number of nitriles is 1. The van der Waals surface area contributed by atoms with E-state index in [4.69, 9.17) is 4.74 Å². The number of benzene rings is 2. The number of alkyl halides is 4. The predicted octanol–water partition coefficient (Wildman–Crippen LogP) is 7.82. The molecule has 3 aromatic rings. The van der Waals surface area contributed by atoms with E-state index in [1.807, 2.05) is 36.4 Å². The SMILES string of the molecule is N#C/C(=C\c1cc(I)cc(I)c1OCC(Br)(Br)C(Br)Br)c1nc2ccccc2[nH]1. The smallest absolute Gasteiger partial charge is 0.149 e. The molecule has 0 aliphatic carbocycles. The van der Waals surface area contributed by atoms with E-state index < -0.39 is 3.23 Å². The highest BCUT2D eigenvalue weighted by Crippen LogP contribution is 2.40. The molecule has 2 aromatic carbocycles. The monoisotopic (exact) mass is 867 g/mol. The summed E-state index contributed by atoms with van der Waals surface area (Å²) in [4.78, 5) is 7.76. The van der Waals surface area contributed by atoms with Gasteiger partial charge in [0.2, 0.25) is 0 Å². The van der Waals surface area contributed by atoms with Crippen molar-refractivity contribution in [2.24, 2.45) is 0 Å². The van der Waals surface area contributed by atoms with Gasteiger partial charge in [-0.2, -0.15) is 5.26 Å². The van der Waals surface area contributed by atoms with Crippen LogP contribution in [0, 0.1) is 18.5 Å². The molecule has 0 bridgehead atoms. The standard InChI is InChI=1S/C19H11Br4I2N3O/c20-18(21)19(22,23)9-29-16-10(6-12(24)7-13(16)25)5-11(8-26)17-27-14-3-1-2-4-15(14)28-17/h1-7,18H,9H2,(H,27,28)/b11-5+. The molecule has 0 amide bonds. The maximum Gasteiger partial charge on any atom is 0.149 e. The summed E-state index contributed by atoms with van der Waals surface area (Å²) in [5.74, 6) is 1.24. The molecule has 1 heterocycles. The van der Waals surface area contributed by atoms with Gasteiger partial charge in [-0.05, 0) is 75.5 Å². The van der Waals surface area contributed by atoms with Crippen molar-refractivity contribution in [1.29, 1.82) is 5.26 Å². The zero-order chi connectivity index (χ0) is 21.2. The Kier molecular flexibility index (Phi) is 8.51. The minimum Gasteiger partial charge on any atom is -0.489 e. The number of aromatic nitrogens is 2. The van der Waals surface area contributed by atoms with Crippen LogP contribution >= 0.6 is 109 Å². The molecule has 0 aliphatic rings. The van der Waals surface area contributed by atoms with Crippen molar-refractivity contribution in [3.8, 4) is 11.8 Å². The lowest BCUT2D eigenvalue weighted by molar-refractivity contribution is 0.314. The molecule has 4 nitrogen and oxygen atoms in total. The fourth-order valence-electron chi connectivity index (χ4n) is 2.46. The van der Waals surface area contributed by atoms with Crippen molar-refractivity contribution in [2.75, 3.05) is 6.61 Å². The van der Waals surface area contributed by atoms with E-state index in [1.54, 1.807) is 6.08 Å². The molecule has 0 spiro atoms. The molecule has 0 fully saturated rings. The summed E-state index contributed by atoms with van der Waals surface area (Å²) in [7, 11) is 0. The number of halogens is 6. The van der Waals surface area contributed by atoms with Crippen LogP contribution in [0.3, 0.4) is 0 Å². The van der Waals surface area contributed by atoms with Crippen LogP contribution < -0.4 is 4.74 Å². The van der Waals surface area contributed by atoms with E-state index >= 15 is 0 Å².